The molecule has 0 saturated heterocycles. The van der Waals surface area contributed by atoms with Crippen molar-refractivity contribution in [1.29, 1.82) is 0 Å². The normalized spacial score (nSPS) is 32.9. The summed E-state index contributed by atoms with van der Waals surface area (Å²) < 4.78 is 1.39. The fourth-order valence-corrected chi connectivity index (χ4v) is 3.55. The fraction of sp³-hybridized carbons (Fsp3) is 0.889. The van der Waals surface area contributed by atoms with Crippen LogP contribution in [0.15, 0.2) is 0 Å². The number of aliphatic hydroxyl groups is 1. The summed E-state index contributed by atoms with van der Waals surface area (Å²) in [7, 11) is 0. The molecule has 2 atom stereocenters. The van der Waals surface area contributed by atoms with Crippen LogP contribution in [-0.2, 0) is 19.4 Å². The van der Waals surface area contributed by atoms with Gasteiger partial charge in [0.1, 0.15) is 0 Å². The SMILES string of the molecule is CC(C)C1CCCC(O)[C]1=[W]. The van der Waals surface area contributed by atoms with Crippen LogP contribution >= 0.6 is 0 Å². The van der Waals surface area contributed by atoms with E-state index in [0.717, 1.165) is 12.3 Å². The van der Waals surface area contributed by atoms with Gasteiger partial charge in [-0.1, -0.05) is 0 Å². The molecule has 0 bridgehead atoms. The van der Waals surface area contributed by atoms with E-state index in [-0.39, 0.29) is 6.10 Å². The van der Waals surface area contributed by atoms with Gasteiger partial charge in [-0.15, -0.1) is 0 Å². The third kappa shape index (κ3) is 2.23. The predicted octanol–water partition coefficient (Wildman–Crippen LogP) is 1.52. The van der Waals surface area contributed by atoms with Gasteiger partial charge in [-0.25, -0.2) is 0 Å². The molecule has 1 aliphatic rings. The van der Waals surface area contributed by atoms with Gasteiger partial charge in [0.25, 0.3) is 0 Å². The van der Waals surface area contributed by atoms with Gasteiger partial charge in [0, 0.05) is 0 Å². The van der Waals surface area contributed by atoms with Gasteiger partial charge in [0.15, 0.2) is 0 Å². The minimum absolute atomic E-state index is 0.0776. The van der Waals surface area contributed by atoms with Crippen molar-refractivity contribution in [2.24, 2.45) is 11.8 Å². The summed E-state index contributed by atoms with van der Waals surface area (Å²) in [5.74, 6) is 1.42. The molecule has 0 aromatic rings. The molecule has 1 nitrogen and oxygen atoms in total. The molecule has 0 aromatic heterocycles. The summed E-state index contributed by atoms with van der Waals surface area (Å²) >= 11 is 1.49. The average molecular weight is 324 g/mol. The first-order valence-corrected chi connectivity index (χ1v) is 5.81. The summed E-state index contributed by atoms with van der Waals surface area (Å²) in [6.45, 7) is 4.51. The van der Waals surface area contributed by atoms with E-state index in [1.807, 2.05) is 0 Å². The van der Waals surface area contributed by atoms with Gasteiger partial charge < -0.3 is 0 Å². The van der Waals surface area contributed by atoms with Gasteiger partial charge in [-0.05, 0) is 0 Å². The molecule has 1 aliphatic carbocycles. The van der Waals surface area contributed by atoms with E-state index in [1.54, 1.807) is 0 Å². The van der Waals surface area contributed by atoms with Crippen molar-refractivity contribution in [3.8, 4) is 0 Å². The first kappa shape index (κ1) is 9.61. The van der Waals surface area contributed by atoms with Crippen LogP contribution < -0.4 is 0 Å². The van der Waals surface area contributed by atoms with Crippen LogP contribution in [0, 0.1) is 11.8 Å². The second-order valence-electron chi connectivity index (χ2n) is 3.70. The molecule has 1 N–H and O–H groups in total. The van der Waals surface area contributed by atoms with Gasteiger partial charge in [0.2, 0.25) is 0 Å². The maximum absolute atomic E-state index is 9.58. The fourth-order valence-electron chi connectivity index (χ4n) is 1.72. The van der Waals surface area contributed by atoms with E-state index in [9.17, 15) is 5.11 Å². The van der Waals surface area contributed by atoms with E-state index >= 15 is 0 Å². The molecule has 2 unspecified atom stereocenters. The number of hydrogen-bond donors (Lipinski definition) is 1. The summed E-state index contributed by atoms with van der Waals surface area (Å²) in [6.07, 6.45) is 3.43. The van der Waals surface area contributed by atoms with Crippen molar-refractivity contribution in [3.05, 3.63) is 0 Å². The molecule has 11 heavy (non-hydrogen) atoms. The molecular formula is C9H16OW. The zero-order chi connectivity index (χ0) is 8.43. The van der Waals surface area contributed by atoms with Crippen molar-refractivity contribution >= 4 is 3.90 Å². The molecule has 2 heteroatoms. The van der Waals surface area contributed by atoms with E-state index in [2.05, 4.69) is 13.8 Å². The Morgan fingerprint density at radius 3 is 2.55 bits per heavy atom. The Kier molecular flexibility index (Phi) is 3.46. The van der Waals surface area contributed by atoms with E-state index in [1.165, 1.54) is 36.1 Å². The Labute approximate surface area is 79.6 Å². The first-order chi connectivity index (χ1) is 5.13. The number of hydrogen-bond acceptors (Lipinski definition) is 1. The Balaban J connectivity index is 2.58. The van der Waals surface area contributed by atoms with Crippen LogP contribution in [-0.4, -0.2) is 15.1 Å². The standard InChI is InChI=1S/C9H16O.W/c1-7(2)8-4-3-5-9(10)6-8;/h7-10H,3-5H2,1-2H3;. The monoisotopic (exact) mass is 324 g/mol. The molecule has 0 aliphatic heterocycles. The van der Waals surface area contributed by atoms with Gasteiger partial charge >= 0.3 is 79.4 Å². The van der Waals surface area contributed by atoms with Crippen LogP contribution in [0.3, 0.4) is 0 Å². The molecule has 1 saturated carbocycles. The van der Waals surface area contributed by atoms with Crippen LogP contribution in [0.1, 0.15) is 33.1 Å². The Morgan fingerprint density at radius 1 is 1.45 bits per heavy atom. The maximum atomic E-state index is 9.58. The third-order valence-corrected chi connectivity index (χ3v) is 4.56. The van der Waals surface area contributed by atoms with Crippen LogP contribution in [0.2, 0.25) is 0 Å². The zero-order valence-electron chi connectivity index (χ0n) is 7.21. The topological polar surface area (TPSA) is 20.2 Å². The van der Waals surface area contributed by atoms with Crippen molar-refractivity contribution in [2.45, 2.75) is 39.2 Å². The summed E-state index contributed by atoms with van der Waals surface area (Å²) in [4.78, 5) is 0. The summed E-state index contributed by atoms with van der Waals surface area (Å²) in [6, 6.07) is 0. The first-order valence-electron chi connectivity index (χ1n) is 4.34. The quantitative estimate of drug-likeness (QED) is 0.776. The number of rotatable bonds is 1. The summed E-state index contributed by atoms with van der Waals surface area (Å²) in [5.41, 5.74) is 0. The average Bonchev–Trinajstić information content (AvgIpc) is 1.94. The minimum atomic E-state index is -0.0776. The van der Waals surface area contributed by atoms with E-state index in [4.69, 9.17) is 0 Å². The third-order valence-electron chi connectivity index (χ3n) is 2.49. The van der Waals surface area contributed by atoms with Crippen molar-refractivity contribution in [3.63, 3.8) is 0 Å². The second kappa shape index (κ2) is 3.96. The van der Waals surface area contributed by atoms with Crippen molar-refractivity contribution in [1.82, 2.24) is 0 Å². The van der Waals surface area contributed by atoms with Gasteiger partial charge in [-0.2, -0.15) is 0 Å². The molecular weight excluding hydrogens is 308 g/mol. The molecule has 1 fully saturated rings. The van der Waals surface area contributed by atoms with E-state index in [0.29, 0.717) is 5.92 Å². The molecule has 64 valence electrons. The molecule has 1 rings (SSSR count). The van der Waals surface area contributed by atoms with Crippen LogP contribution in [0.4, 0.5) is 0 Å². The molecule has 0 heterocycles. The molecule has 0 spiro atoms. The zero-order valence-corrected chi connectivity index (χ0v) is 10.1. The van der Waals surface area contributed by atoms with Crippen LogP contribution in [0.25, 0.3) is 0 Å². The Hall–Kier alpha value is 0.518. The second-order valence-corrected chi connectivity index (χ2v) is 5.39. The van der Waals surface area contributed by atoms with Gasteiger partial charge in [0.05, 0.1) is 0 Å². The Morgan fingerprint density at radius 2 is 2.09 bits per heavy atom. The molecule has 0 radical (unpaired) electrons. The number of aliphatic hydroxyl groups excluding tert-OH is 1. The van der Waals surface area contributed by atoms with Gasteiger partial charge in [-0.3, -0.25) is 0 Å². The van der Waals surface area contributed by atoms with Crippen LogP contribution in [0.5, 0.6) is 0 Å². The molecule has 0 amide bonds. The van der Waals surface area contributed by atoms with Crippen molar-refractivity contribution in [2.75, 3.05) is 0 Å². The predicted molar refractivity (Wildman–Crippen MR) is 43.2 cm³/mol. The summed E-state index contributed by atoms with van der Waals surface area (Å²) in [5, 5.41) is 9.58. The van der Waals surface area contributed by atoms with Crippen molar-refractivity contribution < 1.29 is 24.5 Å². The van der Waals surface area contributed by atoms with E-state index < -0.39 is 0 Å². The Bertz CT molecular complexity index is 154. The molecule has 0 aromatic carbocycles.